The maximum absolute atomic E-state index is 12.5. The molecule has 28 heavy (non-hydrogen) atoms. The number of nitrogens with zero attached hydrogens (tertiary/aromatic N) is 1. The van der Waals surface area contributed by atoms with E-state index >= 15 is 0 Å². The van der Waals surface area contributed by atoms with Crippen LogP contribution in [0.15, 0.2) is 54.6 Å². The summed E-state index contributed by atoms with van der Waals surface area (Å²) in [6, 6.07) is 17.9. The molecular formula is C23H29N3O2. The van der Waals surface area contributed by atoms with Gasteiger partial charge in [-0.3, -0.25) is 5.32 Å². The summed E-state index contributed by atoms with van der Waals surface area (Å²) in [6.07, 6.45) is 1.65. The normalized spacial score (nSPS) is 24.1. The molecule has 2 aromatic rings. The molecule has 0 bridgehead atoms. The number of benzene rings is 2. The van der Waals surface area contributed by atoms with Crippen molar-refractivity contribution < 1.29 is 9.53 Å². The smallest absolute Gasteiger partial charge is 0.411 e. The monoisotopic (exact) mass is 379 g/mol. The van der Waals surface area contributed by atoms with Gasteiger partial charge in [0.15, 0.2) is 0 Å². The van der Waals surface area contributed by atoms with E-state index in [4.69, 9.17) is 4.74 Å². The zero-order chi connectivity index (χ0) is 19.3. The van der Waals surface area contributed by atoms with Crippen molar-refractivity contribution in [1.82, 2.24) is 10.2 Å². The summed E-state index contributed by atoms with van der Waals surface area (Å²) in [5.74, 6) is 1.32. The predicted octanol–water partition coefficient (Wildman–Crippen LogP) is 3.83. The van der Waals surface area contributed by atoms with Crippen molar-refractivity contribution in [3.63, 3.8) is 0 Å². The molecule has 0 unspecified atom stereocenters. The molecule has 3 atom stereocenters. The Morgan fingerprint density at radius 3 is 2.43 bits per heavy atom. The molecule has 1 aliphatic carbocycles. The van der Waals surface area contributed by atoms with Crippen molar-refractivity contribution in [2.45, 2.75) is 18.9 Å². The number of amides is 1. The number of likely N-dealkylation sites (tertiary alicyclic amines) is 1. The zero-order valence-corrected chi connectivity index (χ0v) is 16.4. The van der Waals surface area contributed by atoms with E-state index in [2.05, 4.69) is 15.5 Å². The minimum absolute atomic E-state index is 0.0327. The highest BCUT2D eigenvalue weighted by Crippen LogP contribution is 2.39. The van der Waals surface area contributed by atoms with Gasteiger partial charge in [-0.2, -0.15) is 0 Å². The van der Waals surface area contributed by atoms with E-state index in [0.29, 0.717) is 11.8 Å². The van der Waals surface area contributed by atoms with Crippen molar-refractivity contribution in [2.75, 3.05) is 38.5 Å². The average Bonchev–Trinajstić information content (AvgIpc) is 3.25. The van der Waals surface area contributed by atoms with Gasteiger partial charge in [-0.25, -0.2) is 4.79 Å². The van der Waals surface area contributed by atoms with E-state index in [1.807, 2.05) is 61.6 Å². The van der Waals surface area contributed by atoms with Crippen LogP contribution in [-0.2, 0) is 4.74 Å². The maximum Gasteiger partial charge on any atom is 0.411 e. The highest BCUT2D eigenvalue weighted by molar-refractivity contribution is 5.91. The molecule has 0 spiro atoms. The van der Waals surface area contributed by atoms with E-state index in [9.17, 15) is 4.79 Å². The van der Waals surface area contributed by atoms with Gasteiger partial charge in [-0.1, -0.05) is 48.5 Å². The molecule has 0 aromatic heterocycles. The first-order chi connectivity index (χ1) is 13.7. The average molecular weight is 380 g/mol. The molecule has 2 aliphatic rings. The highest BCUT2D eigenvalue weighted by atomic mass is 16.6. The van der Waals surface area contributed by atoms with Crippen LogP contribution in [-0.4, -0.2) is 50.3 Å². The Morgan fingerprint density at radius 1 is 1.04 bits per heavy atom. The van der Waals surface area contributed by atoms with E-state index in [1.165, 1.54) is 0 Å². The van der Waals surface area contributed by atoms with Crippen molar-refractivity contribution in [1.29, 1.82) is 0 Å². The van der Waals surface area contributed by atoms with Gasteiger partial charge in [-0.15, -0.1) is 0 Å². The summed E-state index contributed by atoms with van der Waals surface area (Å²) in [5.41, 5.74) is 2.87. The summed E-state index contributed by atoms with van der Waals surface area (Å²) >= 11 is 0. The molecule has 2 N–H and O–H groups in total. The van der Waals surface area contributed by atoms with Gasteiger partial charge >= 0.3 is 6.09 Å². The molecule has 1 amide bonds. The number of nitrogens with one attached hydrogen (secondary N) is 2. The van der Waals surface area contributed by atoms with Crippen molar-refractivity contribution in [3.05, 3.63) is 54.6 Å². The standard InChI is InChI=1S/C23H29N3O2/c1-24-11-12-26-15-18-13-20(14-19(18)16-26)28-23(27)25-22-10-6-5-9-21(22)17-7-3-2-4-8-17/h2-10,18-20,24H,11-16H2,1H3,(H,25,27)/t18-,19+,20-. The van der Waals surface area contributed by atoms with Crippen molar-refractivity contribution in [2.24, 2.45) is 11.8 Å². The van der Waals surface area contributed by atoms with Crippen LogP contribution < -0.4 is 10.6 Å². The first kappa shape index (κ1) is 19.0. The number of likely N-dealkylation sites (N-methyl/N-ethyl adjacent to an activating group) is 1. The Labute approximate surface area is 167 Å². The highest BCUT2D eigenvalue weighted by Gasteiger charge is 2.42. The van der Waals surface area contributed by atoms with Gasteiger partial charge in [0.25, 0.3) is 0 Å². The number of carbonyl (C=O) groups excluding carboxylic acids is 1. The SMILES string of the molecule is CNCCN1C[C@H]2C[C@@H](OC(=O)Nc3ccccc3-c3ccccc3)C[C@H]2C1. The Kier molecular flexibility index (Phi) is 5.93. The molecule has 2 aromatic carbocycles. The second kappa shape index (κ2) is 8.76. The van der Waals surface area contributed by atoms with Crippen LogP contribution in [0.5, 0.6) is 0 Å². The number of rotatable bonds is 6. The van der Waals surface area contributed by atoms with Crippen LogP contribution >= 0.6 is 0 Å². The Hall–Kier alpha value is -2.37. The van der Waals surface area contributed by atoms with Gasteiger partial charge in [0.2, 0.25) is 0 Å². The summed E-state index contributed by atoms with van der Waals surface area (Å²) < 4.78 is 5.78. The topological polar surface area (TPSA) is 53.6 Å². The molecule has 4 rings (SSSR count). The summed E-state index contributed by atoms with van der Waals surface area (Å²) in [6.45, 7) is 4.39. The fourth-order valence-corrected chi connectivity index (χ4v) is 4.64. The molecule has 5 heteroatoms. The minimum Gasteiger partial charge on any atom is -0.446 e. The summed E-state index contributed by atoms with van der Waals surface area (Å²) in [5, 5.41) is 6.17. The lowest BCUT2D eigenvalue weighted by molar-refractivity contribution is 0.106. The van der Waals surface area contributed by atoms with Crippen LogP contribution in [0.2, 0.25) is 0 Å². The van der Waals surface area contributed by atoms with Crippen LogP contribution in [0.3, 0.4) is 0 Å². The molecule has 148 valence electrons. The second-order valence-electron chi connectivity index (χ2n) is 7.92. The van der Waals surface area contributed by atoms with Crippen molar-refractivity contribution in [3.8, 4) is 11.1 Å². The number of para-hydroxylation sites is 1. The van der Waals surface area contributed by atoms with Crippen LogP contribution in [0.25, 0.3) is 11.1 Å². The number of fused-ring (bicyclic) bond motifs is 1. The van der Waals surface area contributed by atoms with E-state index in [-0.39, 0.29) is 12.2 Å². The molecule has 2 fully saturated rings. The van der Waals surface area contributed by atoms with Gasteiger partial charge in [-0.05, 0) is 43.4 Å². The van der Waals surface area contributed by atoms with Gasteiger partial charge < -0.3 is 15.0 Å². The fourth-order valence-electron chi connectivity index (χ4n) is 4.64. The third-order valence-corrected chi connectivity index (χ3v) is 5.98. The number of hydrogen-bond donors (Lipinski definition) is 2. The van der Waals surface area contributed by atoms with Crippen LogP contribution in [0.4, 0.5) is 10.5 Å². The van der Waals surface area contributed by atoms with E-state index in [0.717, 1.165) is 55.8 Å². The van der Waals surface area contributed by atoms with E-state index in [1.54, 1.807) is 0 Å². The lowest BCUT2D eigenvalue weighted by Crippen LogP contribution is -2.31. The first-order valence-electron chi connectivity index (χ1n) is 10.2. The van der Waals surface area contributed by atoms with Crippen LogP contribution in [0, 0.1) is 11.8 Å². The molecule has 1 saturated carbocycles. The predicted molar refractivity (Wildman–Crippen MR) is 112 cm³/mol. The van der Waals surface area contributed by atoms with E-state index < -0.39 is 0 Å². The Bertz CT molecular complexity index is 781. The number of ether oxygens (including phenoxy) is 1. The number of hydrogen-bond acceptors (Lipinski definition) is 4. The molecular weight excluding hydrogens is 350 g/mol. The lowest BCUT2D eigenvalue weighted by atomic mass is 10.0. The first-order valence-corrected chi connectivity index (χ1v) is 10.2. The molecule has 1 aliphatic heterocycles. The van der Waals surface area contributed by atoms with Crippen LogP contribution in [0.1, 0.15) is 12.8 Å². The number of anilines is 1. The van der Waals surface area contributed by atoms with Gasteiger partial charge in [0.1, 0.15) is 6.10 Å². The number of carbonyl (C=O) groups is 1. The second-order valence-corrected chi connectivity index (χ2v) is 7.92. The lowest BCUT2D eigenvalue weighted by Gasteiger charge is -2.19. The largest absolute Gasteiger partial charge is 0.446 e. The molecule has 0 radical (unpaired) electrons. The van der Waals surface area contributed by atoms with Gasteiger partial charge in [0, 0.05) is 31.7 Å². The third kappa shape index (κ3) is 4.37. The summed E-state index contributed by atoms with van der Waals surface area (Å²) in [4.78, 5) is 15.1. The van der Waals surface area contributed by atoms with Gasteiger partial charge in [0.05, 0.1) is 5.69 Å². The Balaban J connectivity index is 1.32. The minimum atomic E-state index is -0.347. The summed E-state index contributed by atoms with van der Waals surface area (Å²) in [7, 11) is 2.00. The third-order valence-electron chi connectivity index (χ3n) is 5.98. The Morgan fingerprint density at radius 2 is 1.71 bits per heavy atom. The van der Waals surface area contributed by atoms with Crippen molar-refractivity contribution >= 4 is 11.8 Å². The molecule has 1 saturated heterocycles. The maximum atomic E-state index is 12.5. The fraction of sp³-hybridized carbons (Fsp3) is 0.435. The molecule has 1 heterocycles. The zero-order valence-electron chi connectivity index (χ0n) is 16.4. The molecule has 5 nitrogen and oxygen atoms in total. The quantitative estimate of drug-likeness (QED) is 0.801.